The summed E-state index contributed by atoms with van der Waals surface area (Å²) >= 11 is 0. The number of piperazine rings is 1. The fourth-order valence-corrected chi connectivity index (χ4v) is 2.74. The van der Waals surface area contributed by atoms with Gasteiger partial charge in [-0.05, 0) is 18.3 Å². The van der Waals surface area contributed by atoms with E-state index in [1.54, 1.807) is 0 Å². The summed E-state index contributed by atoms with van der Waals surface area (Å²) in [7, 11) is 0. The van der Waals surface area contributed by atoms with Crippen LogP contribution in [0.5, 0.6) is 0 Å². The Labute approximate surface area is 88.1 Å². The van der Waals surface area contributed by atoms with Crippen molar-refractivity contribution < 1.29 is 0 Å². The van der Waals surface area contributed by atoms with Crippen molar-refractivity contribution in [3.05, 3.63) is 0 Å². The summed E-state index contributed by atoms with van der Waals surface area (Å²) in [4.78, 5) is 2.71. The van der Waals surface area contributed by atoms with E-state index in [2.05, 4.69) is 31.0 Å². The molecule has 14 heavy (non-hydrogen) atoms. The van der Waals surface area contributed by atoms with Gasteiger partial charge in [0.05, 0.1) is 0 Å². The summed E-state index contributed by atoms with van der Waals surface area (Å²) in [6.45, 7) is 10.8. The summed E-state index contributed by atoms with van der Waals surface area (Å²) in [6, 6.07) is 1.63. The Morgan fingerprint density at radius 2 is 2.14 bits per heavy atom. The maximum Gasteiger partial charge on any atom is 0.0195 e. The number of hydrogen-bond donors (Lipinski definition) is 1. The van der Waals surface area contributed by atoms with Crippen molar-refractivity contribution in [1.82, 2.24) is 10.2 Å². The van der Waals surface area contributed by atoms with Crippen LogP contribution in [0.4, 0.5) is 0 Å². The molecule has 1 aliphatic heterocycles. The standard InChI is InChI=1S/C12H24N2/c1-4-5-10-9-14(7-6-13-10)11-8-12(11,2)3/h10-11,13H,4-9H2,1-3H3. The predicted octanol–water partition coefficient (Wildman–Crippen LogP) is 1.86. The maximum atomic E-state index is 3.62. The Hall–Kier alpha value is -0.0800. The first-order valence-corrected chi connectivity index (χ1v) is 6.11. The van der Waals surface area contributed by atoms with Crippen LogP contribution in [-0.4, -0.2) is 36.6 Å². The third-order valence-corrected chi connectivity index (χ3v) is 3.83. The minimum atomic E-state index is 0.605. The van der Waals surface area contributed by atoms with E-state index in [9.17, 15) is 0 Å². The molecule has 0 aromatic heterocycles. The Bertz CT molecular complexity index is 198. The van der Waals surface area contributed by atoms with Crippen LogP contribution in [0.2, 0.25) is 0 Å². The second-order valence-corrected chi connectivity index (χ2v) is 5.64. The molecular formula is C12H24N2. The molecule has 1 aliphatic carbocycles. The molecule has 0 aromatic carbocycles. The van der Waals surface area contributed by atoms with E-state index in [0.29, 0.717) is 5.41 Å². The number of rotatable bonds is 3. The molecule has 1 saturated heterocycles. The molecule has 1 heterocycles. The Kier molecular flexibility index (Phi) is 2.85. The molecule has 0 amide bonds. The molecule has 2 atom stereocenters. The van der Waals surface area contributed by atoms with Crippen LogP contribution in [0.25, 0.3) is 0 Å². The van der Waals surface area contributed by atoms with Crippen LogP contribution in [-0.2, 0) is 0 Å². The van der Waals surface area contributed by atoms with Crippen LogP contribution in [0, 0.1) is 5.41 Å². The van der Waals surface area contributed by atoms with E-state index in [0.717, 1.165) is 12.1 Å². The molecule has 82 valence electrons. The zero-order valence-corrected chi connectivity index (χ0v) is 9.84. The first-order valence-electron chi connectivity index (χ1n) is 6.11. The second kappa shape index (κ2) is 3.82. The molecule has 2 unspecified atom stereocenters. The summed E-state index contributed by atoms with van der Waals surface area (Å²) in [6.07, 6.45) is 4.05. The molecule has 0 spiro atoms. The van der Waals surface area contributed by atoms with Gasteiger partial charge in [-0.1, -0.05) is 27.2 Å². The second-order valence-electron chi connectivity index (χ2n) is 5.64. The lowest BCUT2D eigenvalue weighted by atomic mass is 10.1. The van der Waals surface area contributed by atoms with Crippen LogP contribution < -0.4 is 5.32 Å². The fourth-order valence-electron chi connectivity index (χ4n) is 2.74. The van der Waals surface area contributed by atoms with Gasteiger partial charge >= 0.3 is 0 Å². The molecule has 0 aromatic rings. The average Bonchev–Trinajstić information content (AvgIpc) is 2.76. The van der Waals surface area contributed by atoms with Crippen LogP contribution >= 0.6 is 0 Å². The van der Waals surface area contributed by atoms with E-state index >= 15 is 0 Å². The maximum absolute atomic E-state index is 3.62. The molecule has 2 aliphatic rings. The monoisotopic (exact) mass is 196 g/mol. The lowest BCUT2D eigenvalue weighted by molar-refractivity contribution is 0.169. The number of nitrogens with zero attached hydrogens (tertiary/aromatic N) is 1. The van der Waals surface area contributed by atoms with Crippen LogP contribution in [0.15, 0.2) is 0 Å². The topological polar surface area (TPSA) is 15.3 Å². The highest BCUT2D eigenvalue weighted by Crippen LogP contribution is 2.48. The van der Waals surface area contributed by atoms with Gasteiger partial charge in [-0.3, -0.25) is 4.90 Å². The highest BCUT2D eigenvalue weighted by molar-refractivity contribution is 5.04. The summed E-state index contributed by atoms with van der Waals surface area (Å²) in [5, 5.41) is 3.62. The van der Waals surface area contributed by atoms with Crippen LogP contribution in [0.1, 0.15) is 40.0 Å². The minimum absolute atomic E-state index is 0.605. The first-order chi connectivity index (χ1) is 6.63. The van der Waals surface area contributed by atoms with Crippen molar-refractivity contribution in [2.24, 2.45) is 5.41 Å². The third-order valence-electron chi connectivity index (χ3n) is 3.83. The Morgan fingerprint density at radius 1 is 1.43 bits per heavy atom. The van der Waals surface area contributed by atoms with Crippen molar-refractivity contribution >= 4 is 0 Å². The highest BCUT2D eigenvalue weighted by atomic mass is 15.3. The van der Waals surface area contributed by atoms with E-state index in [1.807, 2.05) is 0 Å². The van der Waals surface area contributed by atoms with Gasteiger partial charge in [0.2, 0.25) is 0 Å². The van der Waals surface area contributed by atoms with Crippen molar-refractivity contribution in [1.29, 1.82) is 0 Å². The molecule has 2 heteroatoms. The zero-order valence-electron chi connectivity index (χ0n) is 9.84. The Morgan fingerprint density at radius 3 is 2.71 bits per heavy atom. The van der Waals surface area contributed by atoms with Gasteiger partial charge in [-0.25, -0.2) is 0 Å². The van der Waals surface area contributed by atoms with Gasteiger partial charge in [0.25, 0.3) is 0 Å². The minimum Gasteiger partial charge on any atom is -0.311 e. The van der Waals surface area contributed by atoms with E-state index in [1.165, 1.54) is 38.9 Å². The average molecular weight is 196 g/mol. The molecule has 0 bridgehead atoms. The molecule has 2 fully saturated rings. The zero-order chi connectivity index (χ0) is 10.2. The lowest BCUT2D eigenvalue weighted by Gasteiger charge is -2.34. The van der Waals surface area contributed by atoms with E-state index in [-0.39, 0.29) is 0 Å². The first kappa shape index (κ1) is 10.4. The Balaban J connectivity index is 1.83. The van der Waals surface area contributed by atoms with Crippen molar-refractivity contribution in [3.63, 3.8) is 0 Å². The molecule has 1 saturated carbocycles. The predicted molar refractivity (Wildman–Crippen MR) is 60.5 cm³/mol. The van der Waals surface area contributed by atoms with Gasteiger partial charge in [0, 0.05) is 31.7 Å². The summed E-state index contributed by atoms with van der Waals surface area (Å²) in [5.41, 5.74) is 0.605. The van der Waals surface area contributed by atoms with E-state index < -0.39 is 0 Å². The quantitative estimate of drug-likeness (QED) is 0.741. The van der Waals surface area contributed by atoms with Crippen LogP contribution in [0.3, 0.4) is 0 Å². The molecule has 2 rings (SSSR count). The number of hydrogen-bond acceptors (Lipinski definition) is 2. The molecular weight excluding hydrogens is 172 g/mol. The van der Waals surface area contributed by atoms with Crippen molar-refractivity contribution in [2.75, 3.05) is 19.6 Å². The van der Waals surface area contributed by atoms with Gasteiger partial charge in [-0.2, -0.15) is 0 Å². The van der Waals surface area contributed by atoms with Crippen molar-refractivity contribution in [3.8, 4) is 0 Å². The van der Waals surface area contributed by atoms with Gasteiger partial charge in [-0.15, -0.1) is 0 Å². The summed E-state index contributed by atoms with van der Waals surface area (Å²) < 4.78 is 0. The third kappa shape index (κ3) is 2.12. The lowest BCUT2D eigenvalue weighted by Crippen LogP contribution is -2.51. The SMILES string of the molecule is CCCC1CN(C2CC2(C)C)CCN1. The molecule has 2 nitrogen and oxygen atoms in total. The van der Waals surface area contributed by atoms with Crippen molar-refractivity contribution in [2.45, 2.75) is 52.1 Å². The summed E-state index contributed by atoms with van der Waals surface area (Å²) in [5.74, 6) is 0. The van der Waals surface area contributed by atoms with Gasteiger partial charge < -0.3 is 5.32 Å². The number of nitrogens with one attached hydrogen (secondary N) is 1. The largest absolute Gasteiger partial charge is 0.311 e. The fraction of sp³-hybridized carbons (Fsp3) is 1.00. The van der Waals surface area contributed by atoms with E-state index in [4.69, 9.17) is 0 Å². The molecule has 1 N–H and O–H groups in total. The van der Waals surface area contributed by atoms with Gasteiger partial charge in [0.15, 0.2) is 0 Å². The highest BCUT2D eigenvalue weighted by Gasteiger charge is 2.49. The normalized spacial score (nSPS) is 37.1. The smallest absolute Gasteiger partial charge is 0.0195 e. The molecule has 0 radical (unpaired) electrons. The van der Waals surface area contributed by atoms with Gasteiger partial charge in [0.1, 0.15) is 0 Å².